The number of rotatable bonds is 7. The molecule has 0 heterocycles. The van der Waals surface area contributed by atoms with Gasteiger partial charge in [0.05, 0.1) is 6.61 Å². The van der Waals surface area contributed by atoms with Gasteiger partial charge in [-0.2, -0.15) is 13.2 Å². The number of fused-ring (bicyclic) bond motifs is 3. The lowest BCUT2D eigenvalue weighted by Crippen LogP contribution is -2.38. The van der Waals surface area contributed by atoms with Crippen LogP contribution in [0.5, 0.6) is 5.75 Å². The summed E-state index contributed by atoms with van der Waals surface area (Å²) in [5.41, 5.74) is 0.636. The molecule has 0 bridgehead atoms. The molecule has 1 atom stereocenters. The largest absolute Gasteiger partial charge is 0.494 e. The third kappa shape index (κ3) is 3.31. The molecular formula is C23H25F3O2. The number of hydrogen-bond acceptors (Lipinski definition) is 2. The van der Waals surface area contributed by atoms with Gasteiger partial charge in [-0.15, -0.1) is 0 Å². The van der Waals surface area contributed by atoms with Crippen molar-refractivity contribution in [2.75, 3.05) is 6.61 Å². The number of ketones is 1. The fourth-order valence-electron chi connectivity index (χ4n) is 3.97. The van der Waals surface area contributed by atoms with Crippen LogP contribution in [0.3, 0.4) is 0 Å². The summed E-state index contributed by atoms with van der Waals surface area (Å²) in [7, 11) is 0. The van der Waals surface area contributed by atoms with Crippen molar-refractivity contribution in [2.45, 2.75) is 58.0 Å². The van der Waals surface area contributed by atoms with Crippen LogP contribution in [-0.4, -0.2) is 18.6 Å². The van der Waals surface area contributed by atoms with Crippen LogP contribution >= 0.6 is 0 Å². The topological polar surface area (TPSA) is 26.3 Å². The van der Waals surface area contributed by atoms with Gasteiger partial charge < -0.3 is 4.74 Å². The molecule has 2 nitrogen and oxygen atoms in total. The Balaban J connectivity index is 2.02. The van der Waals surface area contributed by atoms with E-state index in [4.69, 9.17) is 4.74 Å². The quantitative estimate of drug-likeness (QED) is 0.524. The highest BCUT2D eigenvalue weighted by Gasteiger charge is 2.58. The predicted octanol–water partition coefficient (Wildman–Crippen LogP) is 6.24. The van der Waals surface area contributed by atoms with Gasteiger partial charge in [-0.1, -0.05) is 38.1 Å². The Morgan fingerprint density at radius 2 is 1.82 bits per heavy atom. The minimum absolute atomic E-state index is 0.159. The first-order valence-electron chi connectivity index (χ1n) is 9.72. The molecule has 0 saturated heterocycles. The zero-order chi connectivity index (χ0) is 20.5. The molecule has 0 aliphatic heterocycles. The number of aryl methyl sites for hydroxylation is 1. The third-order valence-electron chi connectivity index (χ3n) is 5.68. The highest BCUT2D eigenvalue weighted by atomic mass is 19.4. The Morgan fingerprint density at radius 1 is 1.11 bits per heavy atom. The molecule has 28 heavy (non-hydrogen) atoms. The SMILES string of the molecule is CCC(=O)CCCOc1cc(CC)c2c(c1)[C@@](C)(C(F)(F)F)c1ccccc1-2. The van der Waals surface area contributed by atoms with Gasteiger partial charge in [-0.05, 0) is 59.7 Å². The van der Waals surface area contributed by atoms with Crippen LogP contribution in [0.4, 0.5) is 13.2 Å². The lowest BCUT2D eigenvalue weighted by atomic mass is 9.79. The highest BCUT2D eigenvalue weighted by molar-refractivity contribution is 5.84. The van der Waals surface area contributed by atoms with Crippen LogP contribution in [0.1, 0.15) is 56.7 Å². The van der Waals surface area contributed by atoms with E-state index in [0.29, 0.717) is 49.2 Å². The number of benzene rings is 2. The molecule has 3 rings (SSSR count). The van der Waals surface area contributed by atoms with Crippen LogP contribution in [0.15, 0.2) is 36.4 Å². The predicted molar refractivity (Wildman–Crippen MR) is 104 cm³/mol. The standard InChI is InChI=1S/C23H25F3O2/c1-4-15-13-17(28-12-8-9-16(27)5-2)14-20-21(15)18-10-6-7-11-19(18)22(20,3)23(24,25)26/h6-7,10-11,13-14H,4-5,8-9,12H2,1-3H3/t22-/m0/s1. The smallest absolute Gasteiger partial charge is 0.402 e. The fraction of sp³-hybridized carbons (Fsp3) is 0.435. The number of alkyl halides is 3. The minimum atomic E-state index is -4.43. The van der Waals surface area contributed by atoms with Crippen LogP contribution in [-0.2, 0) is 16.6 Å². The van der Waals surface area contributed by atoms with Gasteiger partial charge in [-0.3, -0.25) is 4.79 Å². The van der Waals surface area contributed by atoms with E-state index in [0.717, 1.165) is 5.56 Å². The van der Waals surface area contributed by atoms with Crippen molar-refractivity contribution in [1.82, 2.24) is 0 Å². The molecule has 2 aromatic rings. The van der Waals surface area contributed by atoms with Crippen LogP contribution in [0.2, 0.25) is 0 Å². The summed E-state index contributed by atoms with van der Waals surface area (Å²) in [4.78, 5) is 11.4. The molecule has 2 aromatic carbocycles. The Bertz CT molecular complexity index is 886. The maximum absolute atomic E-state index is 14.2. The van der Waals surface area contributed by atoms with Gasteiger partial charge in [0.25, 0.3) is 0 Å². The van der Waals surface area contributed by atoms with E-state index < -0.39 is 11.6 Å². The number of carbonyl (C=O) groups is 1. The Kier molecular flexibility index (Phi) is 5.55. The van der Waals surface area contributed by atoms with Crippen LogP contribution < -0.4 is 4.74 Å². The van der Waals surface area contributed by atoms with E-state index in [1.807, 2.05) is 19.9 Å². The second-order valence-corrected chi connectivity index (χ2v) is 7.37. The number of halogens is 3. The summed E-state index contributed by atoms with van der Waals surface area (Å²) in [5.74, 6) is 0.592. The van der Waals surface area contributed by atoms with Crippen molar-refractivity contribution in [3.8, 4) is 16.9 Å². The normalized spacial score (nSPS) is 17.9. The molecular weight excluding hydrogens is 365 g/mol. The van der Waals surface area contributed by atoms with Crippen molar-refractivity contribution in [1.29, 1.82) is 0 Å². The Morgan fingerprint density at radius 3 is 2.46 bits per heavy atom. The van der Waals surface area contributed by atoms with Crippen LogP contribution in [0, 0.1) is 0 Å². The average molecular weight is 390 g/mol. The van der Waals surface area contributed by atoms with E-state index >= 15 is 0 Å². The van der Waals surface area contributed by atoms with Gasteiger partial charge >= 0.3 is 6.18 Å². The molecule has 0 spiro atoms. The first-order chi connectivity index (χ1) is 13.2. The van der Waals surface area contributed by atoms with E-state index in [1.54, 1.807) is 24.3 Å². The van der Waals surface area contributed by atoms with Gasteiger partial charge in [0.2, 0.25) is 0 Å². The summed E-state index contributed by atoms with van der Waals surface area (Å²) in [6.45, 7) is 5.31. The minimum Gasteiger partial charge on any atom is -0.494 e. The molecule has 0 N–H and O–H groups in total. The van der Waals surface area contributed by atoms with Gasteiger partial charge in [-0.25, -0.2) is 0 Å². The molecule has 1 aliphatic rings. The maximum Gasteiger partial charge on any atom is 0.402 e. The second kappa shape index (κ2) is 7.61. The first kappa shape index (κ1) is 20.4. The molecule has 1 aliphatic carbocycles. The van der Waals surface area contributed by atoms with Crippen molar-refractivity contribution in [3.63, 3.8) is 0 Å². The lowest BCUT2D eigenvalue weighted by Gasteiger charge is -2.30. The van der Waals surface area contributed by atoms with Gasteiger partial charge in [0.1, 0.15) is 16.9 Å². The van der Waals surface area contributed by atoms with Crippen molar-refractivity contribution in [2.24, 2.45) is 0 Å². The average Bonchev–Trinajstić information content (AvgIpc) is 2.94. The Labute approximate surface area is 163 Å². The lowest BCUT2D eigenvalue weighted by molar-refractivity contribution is -0.172. The summed E-state index contributed by atoms with van der Waals surface area (Å²) < 4.78 is 48.4. The molecule has 0 fully saturated rings. The summed E-state index contributed by atoms with van der Waals surface area (Å²) in [6, 6.07) is 10.1. The molecule has 0 unspecified atom stereocenters. The van der Waals surface area contributed by atoms with Crippen molar-refractivity contribution in [3.05, 3.63) is 53.1 Å². The van der Waals surface area contributed by atoms with Crippen molar-refractivity contribution >= 4 is 5.78 Å². The van der Waals surface area contributed by atoms with E-state index in [1.165, 1.54) is 13.0 Å². The number of carbonyl (C=O) groups excluding carboxylic acids is 1. The molecule has 0 aromatic heterocycles. The number of ether oxygens (including phenoxy) is 1. The first-order valence-corrected chi connectivity index (χ1v) is 9.72. The summed E-state index contributed by atoms with van der Waals surface area (Å²) >= 11 is 0. The number of hydrogen-bond donors (Lipinski definition) is 0. The van der Waals surface area contributed by atoms with Gasteiger partial charge in [0.15, 0.2) is 0 Å². The summed E-state index contributed by atoms with van der Waals surface area (Å²) in [5, 5.41) is 0. The second-order valence-electron chi connectivity index (χ2n) is 7.37. The monoisotopic (exact) mass is 390 g/mol. The van der Waals surface area contributed by atoms with E-state index in [2.05, 4.69) is 0 Å². The third-order valence-corrected chi connectivity index (χ3v) is 5.68. The zero-order valence-electron chi connectivity index (χ0n) is 16.5. The fourth-order valence-corrected chi connectivity index (χ4v) is 3.97. The molecule has 150 valence electrons. The molecule has 5 heteroatoms. The molecule has 0 saturated carbocycles. The summed E-state index contributed by atoms with van der Waals surface area (Å²) in [6.07, 6.45) is -2.35. The van der Waals surface area contributed by atoms with Crippen molar-refractivity contribution < 1.29 is 22.7 Å². The van der Waals surface area contributed by atoms with Gasteiger partial charge in [0, 0.05) is 12.8 Å². The Hall–Kier alpha value is -2.30. The van der Waals surface area contributed by atoms with E-state index in [9.17, 15) is 18.0 Å². The highest BCUT2D eigenvalue weighted by Crippen LogP contribution is 2.57. The zero-order valence-corrected chi connectivity index (χ0v) is 16.5. The molecule has 0 radical (unpaired) electrons. The molecule has 0 amide bonds. The van der Waals surface area contributed by atoms with E-state index in [-0.39, 0.29) is 16.9 Å². The maximum atomic E-state index is 14.2. The number of Topliss-reactive ketones (excluding diaryl/α,β-unsaturated/α-hetero) is 1. The van der Waals surface area contributed by atoms with Crippen LogP contribution in [0.25, 0.3) is 11.1 Å².